The molecule has 0 N–H and O–H groups in total. The van der Waals surface area contributed by atoms with Crippen molar-refractivity contribution < 1.29 is 14.3 Å². The Morgan fingerprint density at radius 3 is 2.25 bits per heavy atom. The zero-order chi connectivity index (χ0) is 22.3. The smallest absolute Gasteiger partial charge is 0.260 e. The van der Waals surface area contributed by atoms with Crippen LogP contribution in [0.2, 0.25) is 5.02 Å². The van der Waals surface area contributed by atoms with Gasteiger partial charge in [0.1, 0.15) is 5.75 Å². The van der Waals surface area contributed by atoms with Crippen molar-refractivity contribution in [2.75, 3.05) is 50.8 Å². The molecule has 2 fully saturated rings. The summed E-state index contributed by atoms with van der Waals surface area (Å²) in [5, 5.41) is 0.710. The van der Waals surface area contributed by atoms with Crippen LogP contribution in [-0.2, 0) is 4.79 Å². The Hall–Kier alpha value is -2.73. The SMILES string of the molecule is O=C(COc1ccccc1C(=O)N1CCN(c2cccc(Cl)c2)CC1)N1CCCCCC1. The lowest BCUT2D eigenvalue weighted by molar-refractivity contribution is -0.133. The van der Waals surface area contributed by atoms with E-state index in [1.807, 2.05) is 46.2 Å². The Bertz CT molecular complexity index is 936. The molecule has 2 amide bonds. The summed E-state index contributed by atoms with van der Waals surface area (Å²) in [4.78, 5) is 31.8. The summed E-state index contributed by atoms with van der Waals surface area (Å²) < 4.78 is 5.84. The number of ether oxygens (including phenoxy) is 1. The van der Waals surface area contributed by atoms with Gasteiger partial charge in [-0.2, -0.15) is 0 Å². The number of piperazine rings is 1. The van der Waals surface area contributed by atoms with E-state index < -0.39 is 0 Å². The highest BCUT2D eigenvalue weighted by molar-refractivity contribution is 6.30. The molecular formula is C25H30ClN3O3. The summed E-state index contributed by atoms with van der Waals surface area (Å²) in [7, 11) is 0. The number of para-hydroxylation sites is 1. The molecular weight excluding hydrogens is 426 g/mol. The van der Waals surface area contributed by atoms with E-state index >= 15 is 0 Å². The number of halogens is 1. The average Bonchev–Trinajstić information content (AvgIpc) is 3.12. The zero-order valence-corrected chi connectivity index (χ0v) is 19.1. The van der Waals surface area contributed by atoms with E-state index in [9.17, 15) is 9.59 Å². The molecule has 2 heterocycles. The number of hydrogen-bond donors (Lipinski definition) is 0. The van der Waals surface area contributed by atoms with Crippen LogP contribution >= 0.6 is 11.6 Å². The van der Waals surface area contributed by atoms with Crippen molar-refractivity contribution in [2.24, 2.45) is 0 Å². The third-order valence-corrected chi connectivity index (χ3v) is 6.40. The molecule has 4 rings (SSSR count). The Morgan fingerprint density at radius 1 is 0.812 bits per heavy atom. The molecule has 32 heavy (non-hydrogen) atoms. The van der Waals surface area contributed by atoms with Crippen molar-refractivity contribution in [1.82, 2.24) is 9.80 Å². The Labute approximate surface area is 194 Å². The van der Waals surface area contributed by atoms with E-state index in [2.05, 4.69) is 4.90 Å². The lowest BCUT2D eigenvalue weighted by Gasteiger charge is -2.36. The molecule has 6 nitrogen and oxygen atoms in total. The van der Waals surface area contributed by atoms with Crippen molar-refractivity contribution in [3.05, 3.63) is 59.1 Å². The van der Waals surface area contributed by atoms with Crippen LogP contribution in [0, 0.1) is 0 Å². The fourth-order valence-electron chi connectivity index (χ4n) is 4.33. The van der Waals surface area contributed by atoms with Crippen molar-refractivity contribution in [3.8, 4) is 5.75 Å². The summed E-state index contributed by atoms with van der Waals surface area (Å²) in [6.45, 7) is 4.26. The highest BCUT2D eigenvalue weighted by Gasteiger charge is 2.25. The third kappa shape index (κ3) is 5.54. The molecule has 0 unspecified atom stereocenters. The monoisotopic (exact) mass is 455 g/mol. The minimum Gasteiger partial charge on any atom is -0.483 e. The first kappa shape index (κ1) is 22.5. The molecule has 0 aromatic heterocycles. The van der Waals surface area contributed by atoms with Crippen LogP contribution in [-0.4, -0.2) is 67.5 Å². The molecule has 0 spiro atoms. The number of carbonyl (C=O) groups excluding carboxylic acids is 2. The highest BCUT2D eigenvalue weighted by atomic mass is 35.5. The first-order valence-electron chi connectivity index (χ1n) is 11.4. The van der Waals surface area contributed by atoms with Gasteiger partial charge in [-0.15, -0.1) is 0 Å². The summed E-state index contributed by atoms with van der Waals surface area (Å²) in [5.41, 5.74) is 1.58. The van der Waals surface area contributed by atoms with Gasteiger partial charge in [0.2, 0.25) is 0 Å². The molecule has 0 aliphatic carbocycles. The molecule has 2 aromatic rings. The van der Waals surface area contributed by atoms with Crippen LogP contribution in [0.25, 0.3) is 0 Å². The second-order valence-corrected chi connectivity index (χ2v) is 8.78. The fourth-order valence-corrected chi connectivity index (χ4v) is 4.52. The summed E-state index contributed by atoms with van der Waals surface area (Å²) >= 11 is 6.12. The van der Waals surface area contributed by atoms with E-state index in [0.717, 1.165) is 44.7 Å². The summed E-state index contributed by atoms with van der Waals surface area (Å²) in [6, 6.07) is 15.0. The predicted octanol–water partition coefficient (Wildman–Crippen LogP) is 4.08. The van der Waals surface area contributed by atoms with Gasteiger partial charge in [0.25, 0.3) is 11.8 Å². The number of rotatable bonds is 5. The van der Waals surface area contributed by atoms with Gasteiger partial charge in [0, 0.05) is 50.0 Å². The van der Waals surface area contributed by atoms with E-state index in [0.29, 0.717) is 29.4 Å². The second kappa shape index (κ2) is 10.7. The van der Waals surface area contributed by atoms with Crippen LogP contribution < -0.4 is 9.64 Å². The molecule has 2 aliphatic heterocycles. The number of likely N-dealkylation sites (tertiary alicyclic amines) is 1. The molecule has 0 radical (unpaired) electrons. The lowest BCUT2D eigenvalue weighted by atomic mass is 10.1. The van der Waals surface area contributed by atoms with Crippen LogP contribution in [0.5, 0.6) is 5.75 Å². The minimum absolute atomic E-state index is 0.00992. The number of nitrogens with zero attached hydrogens (tertiary/aromatic N) is 3. The number of hydrogen-bond acceptors (Lipinski definition) is 4. The molecule has 2 aromatic carbocycles. The standard InChI is InChI=1S/C25H30ClN3O3/c26-20-8-7-9-21(18-20)27-14-16-29(17-15-27)25(31)22-10-3-4-11-23(22)32-19-24(30)28-12-5-1-2-6-13-28/h3-4,7-11,18H,1-2,5-6,12-17,19H2. The first-order chi connectivity index (χ1) is 15.6. The van der Waals surface area contributed by atoms with Gasteiger partial charge in [-0.3, -0.25) is 9.59 Å². The molecule has 2 saturated heterocycles. The number of benzene rings is 2. The van der Waals surface area contributed by atoms with Crippen LogP contribution in [0.4, 0.5) is 5.69 Å². The van der Waals surface area contributed by atoms with Gasteiger partial charge in [-0.1, -0.05) is 42.6 Å². The van der Waals surface area contributed by atoms with E-state index in [-0.39, 0.29) is 18.4 Å². The molecule has 0 saturated carbocycles. The average molecular weight is 456 g/mol. The van der Waals surface area contributed by atoms with Gasteiger partial charge >= 0.3 is 0 Å². The first-order valence-corrected chi connectivity index (χ1v) is 11.8. The van der Waals surface area contributed by atoms with Crippen molar-refractivity contribution in [2.45, 2.75) is 25.7 Å². The van der Waals surface area contributed by atoms with Gasteiger partial charge in [-0.05, 0) is 43.2 Å². The van der Waals surface area contributed by atoms with Crippen LogP contribution in [0.15, 0.2) is 48.5 Å². The second-order valence-electron chi connectivity index (χ2n) is 8.34. The highest BCUT2D eigenvalue weighted by Crippen LogP contribution is 2.24. The van der Waals surface area contributed by atoms with Crippen molar-refractivity contribution >= 4 is 29.1 Å². The maximum absolute atomic E-state index is 13.2. The molecule has 7 heteroatoms. The van der Waals surface area contributed by atoms with Gasteiger partial charge in [0.05, 0.1) is 5.56 Å². The van der Waals surface area contributed by atoms with E-state index in [1.54, 1.807) is 12.1 Å². The third-order valence-electron chi connectivity index (χ3n) is 6.17. The molecule has 170 valence electrons. The Kier molecular flexibility index (Phi) is 7.53. The topological polar surface area (TPSA) is 53.1 Å². The van der Waals surface area contributed by atoms with Gasteiger partial charge in [-0.25, -0.2) is 0 Å². The van der Waals surface area contributed by atoms with Gasteiger partial charge < -0.3 is 19.4 Å². The summed E-state index contributed by atoms with van der Waals surface area (Å²) in [6.07, 6.45) is 4.43. The maximum Gasteiger partial charge on any atom is 0.260 e. The Morgan fingerprint density at radius 2 is 1.53 bits per heavy atom. The quantitative estimate of drug-likeness (QED) is 0.681. The molecule has 0 atom stereocenters. The van der Waals surface area contributed by atoms with Crippen molar-refractivity contribution in [1.29, 1.82) is 0 Å². The lowest BCUT2D eigenvalue weighted by Crippen LogP contribution is -2.48. The van der Waals surface area contributed by atoms with Gasteiger partial charge in [0.15, 0.2) is 6.61 Å². The van der Waals surface area contributed by atoms with E-state index in [1.165, 1.54) is 12.8 Å². The molecule has 0 bridgehead atoms. The fraction of sp³-hybridized carbons (Fsp3) is 0.440. The largest absolute Gasteiger partial charge is 0.483 e. The van der Waals surface area contributed by atoms with Crippen LogP contribution in [0.3, 0.4) is 0 Å². The van der Waals surface area contributed by atoms with Crippen LogP contribution in [0.1, 0.15) is 36.0 Å². The number of carbonyl (C=O) groups is 2. The minimum atomic E-state index is -0.0615. The van der Waals surface area contributed by atoms with E-state index in [4.69, 9.17) is 16.3 Å². The Balaban J connectivity index is 1.36. The normalized spacial score (nSPS) is 17.1. The summed E-state index contributed by atoms with van der Waals surface area (Å²) in [5.74, 6) is 0.399. The maximum atomic E-state index is 13.2. The molecule has 2 aliphatic rings. The van der Waals surface area contributed by atoms with Crippen molar-refractivity contribution in [3.63, 3.8) is 0 Å². The zero-order valence-electron chi connectivity index (χ0n) is 18.3. The number of anilines is 1. The predicted molar refractivity (Wildman–Crippen MR) is 127 cm³/mol. The number of amides is 2.